The molecule has 102 valence electrons. The Morgan fingerprint density at radius 2 is 1.89 bits per heavy atom. The molecule has 2 atom stereocenters. The van der Waals surface area contributed by atoms with Gasteiger partial charge in [0.25, 0.3) is 0 Å². The monoisotopic (exact) mass is 254 g/mol. The molecule has 1 aliphatic rings. The quantitative estimate of drug-likeness (QED) is 0.539. The van der Waals surface area contributed by atoms with Gasteiger partial charge in [-0.2, -0.15) is 0 Å². The molecule has 1 saturated carbocycles. The minimum absolute atomic E-state index is 0.140. The van der Waals surface area contributed by atoms with E-state index in [0.717, 1.165) is 19.3 Å². The van der Waals surface area contributed by atoms with Crippen LogP contribution in [-0.4, -0.2) is 25.2 Å². The van der Waals surface area contributed by atoms with Gasteiger partial charge in [0.1, 0.15) is 0 Å². The van der Waals surface area contributed by atoms with Gasteiger partial charge in [-0.05, 0) is 38.5 Å². The van der Waals surface area contributed by atoms with Crippen LogP contribution < -0.4 is 0 Å². The van der Waals surface area contributed by atoms with Crippen molar-refractivity contribution in [3.63, 3.8) is 0 Å². The van der Waals surface area contributed by atoms with E-state index in [1.165, 1.54) is 6.08 Å². The van der Waals surface area contributed by atoms with E-state index in [2.05, 4.69) is 0 Å². The number of allylic oxidation sites excluding steroid dienone is 1. The Morgan fingerprint density at radius 1 is 1.17 bits per heavy atom. The van der Waals surface area contributed by atoms with Crippen molar-refractivity contribution in [3.8, 4) is 0 Å². The highest BCUT2D eigenvalue weighted by Gasteiger charge is 2.27. The van der Waals surface area contributed by atoms with Gasteiger partial charge in [0, 0.05) is 12.5 Å². The van der Waals surface area contributed by atoms with Gasteiger partial charge in [0.15, 0.2) is 0 Å². The van der Waals surface area contributed by atoms with Crippen molar-refractivity contribution < 1.29 is 19.1 Å². The number of rotatable bonds is 6. The summed E-state index contributed by atoms with van der Waals surface area (Å²) in [4.78, 5) is 22.7. The number of hydrogen-bond acceptors (Lipinski definition) is 4. The SMILES string of the molecule is CCOC(=O)C=CC1CCCC1CC(=O)OCC. The topological polar surface area (TPSA) is 52.6 Å². The predicted molar refractivity (Wildman–Crippen MR) is 67.9 cm³/mol. The van der Waals surface area contributed by atoms with Crippen molar-refractivity contribution in [2.24, 2.45) is 11.8 Å². The van der Waals surface area contributed by atoms with Gasteiger partial charge in [-0.25, -0.2) is 4.79 Å². The second-order valence-corrected chi connectivity index (χ2v) is 4.48. The molecule has 1 aliphatic carbocycles. The van der Waals surface area contributed by atoms with E-state index < -0.39 is 0 Å². The lowest BCUT2D eigenvalue weighted by Gasteiger charge is -2.14. The number of carbonyl (C=O) groups excluding carboxylic acids is 2. The molecule has 0 spiro atoms. The third-order valence-electron chi connectivity index (χ3n) is 3.22. The molecule has 1 rings (SSSR count). The van der Waals surface area contributed by atoms with E-state index in [1.54, 1.807) is 6.92 Å². The number of esters is 2. The van der Waals surface area contributed by atoms with Crippen molar-refractivity contribution in [2.75, 3.05) is 13.2 Å². The summed E-state index contributed by atoms with van der Waals surface area (Å²) in [5.74, 6) is 0.145. The summed E-state index contributed by atoms with van der Waals surface area (Å²) in [6.07, 6.45) is 6.97. The summed E-state index contributed by atoms with van der Waals surface area (Å²) in [5.41, 5.74) is 0. The summed E-state index contributed by atoms with van der Waals surface area (Å²) in [5, 5.41) is 0. The van der Waals surface area contributed by atoms with Gasteiger partial charge >= 0.3 is 11.9 Å². The maximum absolute atomic E-state index is 11.4. The average Bonchev–Trinajstić information content (AvgIpc) is 2.74. The zero-order chi connectivity index (χ0) is 13.4. The van der Waals surface area contributed by atoms with Gasteiger partial charge in [0.2, 0.25) is 0 Å². The first-order valence-corrected chi connectivity index (χ1v) is 6.68. The standard InChI is InChI=1S/C14H22O4/c1-3-17-13(15)9-8-11-6-5-7-12(11)10-14(16)18-4-2/h8-9,11-12H,3-7,10H2,1-2H3. The van der Waals surface area contributed by atoms with Crippen molar-refractivity contribution in [1.82, 2.24) is 0 Å². The summed E-state index contributed by atoms with van der Waals surface area (Å²) in [6, 6.07) is 0. The first-order chi connectivity index (χ1) is 8.67. The van der Waals surface area contributed by atoms with Crippen LogP contribution in [-0.2, 0) is 19.1 Å². The Morgan fingerprint density at radius 3 is 2.56 bits per heavy atom. The van der Waals surface area contributed by atoms with Gasteiger partial charge in [0.05, 0.1) is 13.2 Å². The summed E-state index contributed by atoms with van der Waals surface area (Å²) in [7, 11) is 0. The van der Waals surface area contributed by atoms with E-state index in [-0.39, 0.29) is 11.9 Å². The zero-order valence-corrected chi connectivity index (χ0v) is 11.2. The van der Waals surface area contributed by atoms with Crippen LogP contribution in [0.15, 0.2) is 12.2 Å². The third kappa shape index (κ3) is 4.90. The van der Waals surface area contributed by atoms with E-state index >= 15 is 0 Å². The minimum Gasteiger partial charge on any atom is -0.466 e. The van der Waals surface area contributed by atoms with E-state index in [1.807, 2.05) is 13.0 Å². The summed E-state index contributed by atoms with van der Waals surface area (Å²) < 4.78 is 9.80. The Kier molecular flexibility index (Phi) is 6.47. The van der Waals surface area contributed by atoms with Gasteiger partial charge < -0.3 is 9.47 Å². The molecule has 4 nitrogen and oxygen atoms in total. The highest BCUT2D eigenvalue weighted by molar-refractivity contribution is 5.81. The molecule has 2 unspecified atom stereocenters. The highest BCUT2D eigenvalue weighted by Crippen LogP contribution is 2.35. The van der Waals surface area contributed by atoms with Crippen LogP contribution in [0.1, 0.15) is 39.5 Å². The zero-order valence-electron chi connectivity index (χ0n) is 11.2. The second kappa shape index (κ2) is 7.90. The fourth-order valence-corrected chi connectivity index (χ4v) is 2.40. The first kappa shape index (κ1) is 14.7. The third-order valence-corrected chi connectivity index (χ3v) is 3.22. The Hall–Kier alpha value is -1.32. The molecule has 0 heterocycles. The fraction of sp³-hybridized carbons (Fsp3) is 0.714. The van der Waals surface area contributed by atoms with Crippen LogP contribution >= 0.6 is 0 Å². The number of ether oxygens (including phenoxy) is 2. The van der Waals surface area contributed by atoms with Crippen LogP contribution in [0.4, 0.5) is 0 Å². The lowest BCUT2D eigenvalue weighted by Crippen LogP contribution is -2.14. The van der Waals surface area contributed by atoms with Crippen LogP contribution in [0.5, 0.6) is 0 Å². The molecular formula is C14H22O4. The van der Waals surface area contributed by atoms with Crippen molar-refractivity contribution >= 4 is 11.9 Å². The van der Waals surface area contributed by atoms with E-state index in [9.17, 15) is 9.59 Å². The molecule has 0 aromatic carbocycles. The summed E-state index contributed by atoms with van der Waals surface area (Å²) >= 11 is 0. The largest absolute Gasteiger partial charge is 0.466 e. The van der Waals surface area contributed by atoms with E-state index in [4.69, 9.17) is 9.47 Å². The van der Waals surface area contributed by atoms with Crippen LogP contribution in [0.2, 0.25) is 0 Å². The second-order valence-electron chi connectivity index (χ2n) is 4.48. The summed E-state index contributed by atoms with van der Waals surface area (Å²) in [6.45, 7) is 4.41. The average molecular weight is 254 g/mol. The highest BCUT2D eigenvalue weighted by atomic mass is 16.5. The van der Waals surface area contributed by atoms with Gasteiger partial charge in [-0.3, -0.25) is 4.79 Å². The molecule has 0 amide bonds. The maximum Gasteiger partial charge on any atom is 0.330 e. The smallest absolute Gasteiger partial charge is 0.330 e. The van der Waals surface area contributed by atoms with Gasteiger partial charge in [-0.15, -0.1) is 0 Å². The molecule has 0 aliphatic heterocycles. The van der Waals surface area contributed by atoms with Crippen molar-refractivity contribution in [3.05, 3.63) is 12.2 Å². The Labute approximate surface area is 108 Å². The molecule has 0 N–H and O–H groups in total. The Balaban J connectivity index is 2.44. The normalized spacial score (nSPS) is 23.2. The molecule has 1 fully saturated rings. The van der Waals surface area contributed by atoms with Crippen LogP contribution in [0.25, 0.3) is 0 Å². The molecule has 0 aromatic rings. The molecule has 0 bridgehead atoms. The molecule has 0 aromatic heterocycles. The molecular weight excluding hydrogens is 232 g/mol. The molecule has 0 radical (unpaired) electrons. The lowest BCUT2D eigenvalue weighted by atomic mass is 9.92. The minimum atomic E-state index is -0.306. The lowest BCUT2D eigenvalue weighted by molar-refractivity contribution is -0.144. The predicted octanol–water partition coefficient (Wildman–Crippen LogP) is 2.48. The number of carbonyl (C=O) groups is 2. The molecule has 0 saturated heterocycles. The fourth-order valence-electron chi connectivity index (χ4n) is 2.40. The molecule has 4 heteroatoms. The molecule has 18 heavy (non-hydrogen) atoms. The maximum atomic E-state index is 11.4. The van der Waals surface area contributed by atoms with Crippen LogP contribution in [0, 0.1) is 11.8 Å². The van der Waals surface area contributed by atoms with E-state index in [0.29, 0.717) is 31.5 Å². The Bertz CT molecular complexity index is 309. The van der Waals surface area contributed by atoms with Crippen LogP contribution in [0.3, 0.4) is 0 Å². The first-order valence-electron chi connectivity index (χ1n) is 6.68. The van der Waals surface area contributed by atoms with Crippen molar-refractivity contribution in [2.45, 2.75) is 39.5 Å². The number of hydrogen-bond donors (Lipinski definition) is 0. The van der Waals surface area contributed by atoms with Crippen molar-refractivity contribution in [1.29, 1.82) is 0 Å². The van der Waals surface area contributed by atoms with Gasteiger partial charge in [-0.1, -0.05) is 12.5 Å².